The summed E-state index contributed by atoms with van der Waals surface area (Å²) in [6, 6.07) is 9.67. The molecule has 0 bridgehead atoms. The zero-order valence-electron chi connectivity index (χ0n) is 12.1. The van der Waals surface area contributed by atoms with Gasteiger partial charge in [0.2, 0.25) is 0 Å². The Labute approximate surface area is 124 Å². The van der Waals surface area contributed by atoms with E-state index in [2.05, 4.69) is 41.6 Å². The molecule has 0 spiro atoms. The molecule has 2 aromatic rings. The molecule has 2 saturated heterocycles. The lowest BCUT2D eigenvalue weighted by molar-refractivity contribution is -0.112. The third-order valence-corrected chi connectivity index (χ3v) is 4.71. The number of nitrogens with zero attached hydrogens (tertiary/aromatic N) is 3. The topological polar surface area (TPSA) is 42.3 Å². The number of aromatic nitrogens is 2. The average Bonchev–Trinajstić information content (AvgIpc) is 3.18. The fourth-order valence-electron chi connectivity index (χ4n) is 3.42. The van der Waals surface area contributed by atoms with E-state index in [-0.39, 0.29) is 0 Å². The largest absolute Gasteiger partial charge is 0.309 e. The highest BCUT2D eigenvalue weighted by Crippen LogP contribution is 2.33. The molecule has 3 heterocycles. The van der Waals surface area contributed by atoms with E-state index in [0.717, 1.165) is 25.3 Å². The van der Waals surface area contributed by atoms with Gasteiger partial charge in [0, 0.05) is 49.7 Å². The highest BCUT2D eigenvalue weighted by Gasteiger charge is 2.38. The molecule has 5 nitrogen and oxygen atoms in total. The van der Waals surface area contributed by atoms with E-state index in [0.29, 0.717) is 18.0 Å². The van der Waals surface area contributed by atoms with Crippen molar-refractivity contribution in [1.29, 1.82) is 0 Å². The standard InChI is InChI=1S/C16H20N4O/c1-19-16-8-15(18-9-13(16)10-21-19)12-2-4-14(5-3-12)20-7-6-17-11-20/h2-7,11,13,15-16,18H,8-10H2,1H3/t13-,15-,16-/m0/s1. The van der Waals surface area contributed by atoms with Crippen LogP contribution in [0.4, 0.5) is 0 Å². The van der Waals surface area contributed by atoms with Crippen LogP contribution in [0.2, 0.25) is 0 Å². The number of hydroxylamine groups is 2. The van der Waals surface area contributed by atoms with E-state index in [9.17, 15) is 0 Å². The molecule has 0 radical (unpaired) electrons. The van der Waals surface area contributed by atoms with Gasteiger partial charge in [-0.25, -0.2) is 4.98 Å². The summed E-state index contributed by atoms with van der Waals surface area (Å²) in [6.07, 6.45) is 6.69. The van der Waals surface area contributed by atoms with Gasteiger partial charge in [0.1, 0.15) is 0 Å². The summed E-state index contributed by atoms with van der Waals surface area (Å²) >= 11 is 0. The van der Waals surface area contributed by atoms with E-state index < -0.39 is 0 Å². The third kappa shape index (κ3) is 2.37. The molecule has 0 aliphatic carbocycles. The van der Waals surface area contributed by atoms with Crippen LogP contribution >= 0.6 is 0 Å². The van der Waals surface area contributed by atoms with Crippen LogP contribution < -0.4 is 5.32 Å². The van der Waals surface area contributed by atoms with Crippen molar-refractivity contribution in [2.75, 3.05) is 20.2 Å². The molecule has 0 unspecified atom stereocenters. The molecule has 2 aliphatic heterocycles. The molecule has 1 N–H and O–H groups in total. The Morgan fingerprint density at radius 1 is 1.29 bits per heavy atom. The maximum absolute atomic E-state index is 5.64. The number of nitrogens with one attached hydrogen (secondary N) is 1. The number of fused-ring (bicyclic) bond motifs is 1. The average molecular weight is 284 g/mol. The minimum Gasteiger partial charge on any atom is -0.309 e. The van der Waals surface area contributed by atoms with Crippen molar-refractivity contribution in [2.45, 2.75) is 18.5 Å². The summed E-state index contributed by atoms with van der Waals surface area (Å²) in [7, 11) is 2.05. The van der Waals surface area contributed by atoms with Crippen LogP contribution in [0.3, 0.4) is 0 Å². The van der Waals surface area contributed by atoms with Gasteiger partial charge in [-0.15, -0.1) is 0 Å². The SMILES string of the molecule is CN1OC[C@@H]2CN[C@H](c3ccc(-n4ccnc4)cc3)C[C@@H]21. The fourth-order valence-corrected chi connectivity index (χ4v) is 3.42. The predicted octanol–water partition coefficient (Wildman–Crippen LogP) is 1.77. The van der Waals surface area contributed by atoms with Gasteiger partial charge in [-0.3, -0.25) is 4.84 Å². The fraction of sp³-hybridized carbons (Fsp3) is 0.438. The Balaban J connectivity index is 1.51. The van der Waals surface area contributed by atoms with E-state index >= 15 is 0 Å². The Kier molecular flexibility index (Phi) is 3.25. The highest BCUT2D eigenvalue weighted by molar-refractivity contribution is 5.36. The molecule has 4 rings (SSSR count). The van der Waals surface area contributed by atoms with Crippen LogP contribution in [0.25, 0.3) is 5.69 Å². The van der Waals surface area contributed by atoms with Crippen molar-refractivity contribution in [3.8, 4) is 5.69 Å². The Morgan fingerprint density at radius 3 is 2.90 bits per heavy atom. The van der Waals surface area contributed by atoms with Crippen LogP contribution in [-0.4, -0.2) is 40.9 Å². The van der Waals surface area contributed by atoms with Gasteiger partial charge in [0.25, 0.3) is 0 Å². The first-order valence-electron chi connectivity index (χ1n) is 7.48. The molecule has 110 valence electrons. The van der Waals surface area contributed by atoms with E-state index in [1.165, 1.54) is 5.56 Å². The van der Waals surface area contributed by atoms with Crippen LogP contribution in [0.1, 0.15) is 18.0 Å². The molecule has 2 aliphatic rings. The quantitative estimate of drug-likeness (QED) is 0.912. The van der Waals surface area contributed by atoms with Gasteiger partial charge in [0.05, 0.1) is 12.9 Å². The monoisotopic (exact) mass is 284 g/mol. The number of benzene rings is 1. The van der Waals surface area contributed by atoms with Gasteiger partial charge < -0.3 is 9.88 Å². The summed E-state index contributed by atoms with van der Waals surface area (Å²) in [5.74, 6) is 0.622. The molecule has 0 amide bonds. The Hall–Kier alpha value is -1.69. The van der Waals surface area contributed by atoms with Crippen LogP contribution in [-0.2, 0) is 4.84 Å². The molecular formula is C16H20N4O. The van der Waals surface area contributed by atoms with E-state index in [1.54, 1.807) is 6.20 Å². The molecule has 21 heavy (non-hydrogen) atoms. The van der Waals surface area contributed by atoms with Gasteiger partial charge in [0.15, 0.2) is 0 Å². The summed E-state index contributed by atoms with van der Waals surface area (Å²) in [5.41, 5.74) is 2.49. The second-order valence-corrected chi connectivity index (χ2v) is 5.93. The summed E-state index contributed by atoms with van der Waals surface area (Å²) in [5, 5.41) is 5.70. The van der Waals surface area contributed by atoms with Crippen molar-refractivity contribution >= 4 is 0 Å². The minimum absolute atomic E-state index is 0.409. The van der Waals surface area contributed by atoms with Gasteiger partial charge in [-0.2, -0.15) is 5.06 Å². The molecule has 3 atom stereocenters. The lowest BCUT2D eigenvalue weighted by Gasteiger charge is -2.34. The first-order valence-corrected chi connectivity index (χ1v) is 7.48. The van der Waals surface area contributed by atoms with Crippen LogP contribution in [0.5, 0.6) is 0 Å². The second-order valence-electron chi connectivity index (χ2n) is 5.93. The lowest BCUT2D eigenvalue weighted by atomic mass is 9.87. The highest BCUT2D eigenvalue weighted by atomic mass is 16.7. The van der Waals surface area contributed by atoms with Crippen molar-refractivity contribution in [2.24, 2.45) is 5.92 Å². The molecular weight excluding hydrogens is 264 g/mol. The normalized spacial score (nSPS) is 29.5. The Bertz CT molecular complexity index is 595. The summed E-state index contributed by atoms with van der Waals surface area (Å²) < 4.78 is 2.02. The second kappa shape index (κ2) is 5.26. The molecule has 5 heteroatoms. The lowest BCUT2D eigenvalue weighted by Crippen LogP contribution is -2.44. The number of piperidine rings is 1. The molecule has 2 fully saturated rings. The van der Waals surface area contributed by atoms with Crippen molar-refractivity contribution in [3.05, 3.63) is 48.5 Å². The maximum Gasteiger partial charge on any atom is 0.0991 e. The van der Waals surface area contributed by atoms with E-state index in [1.807, 2.05) is 22.2 Å². The van der Waals surface area contributed by atoms with Crippen molar-refractivity contribution in [1.82, 2.24) is 19.9 Å². The Morgan fingerprint density at radius 2 is 2.14 bits per heavy atom. The minimum atomic E-state index is 0.409. The first kappa shape index (κ1) is 13.0. The van der Waals surface area contributed by atoms with E-state index in [4.69, 9.17) is 4.84 Å². The number of imidazole rings is 1. The summed E-state index contributed by atoms with van der Waals surface area (Å²) in [6.45, 7) is 1.88. The summed E-state index contributed by atoms with van der Waals surface area (Å²) in [4.78, 5) is 9.72. The van der Waals surface area contributed by atoms with Crippen molar-refractivity contribution in [3.63, 3.8) is 0 Å². The van der Waals surface area contributed by atoms with Crippen molar-refractivity contribution < 1.29 is 4.84 Å². The predicted molar refractivity (Wildman–Crippen MR) is 79.9 cm³/mol. The van der Waals surface area contributed by atoms with Gasteiger partial charge >= 0.3 is 0 Å². The molecule has 1 aromatic carbocycles. The smallest absolute Gasteiger partial charge is 0.0991 e. The molecule has 0 saturated carbocycles. The zero-order valence-corrected chi connectivity index (χ0v) is 12.1. The zero-order chi connectivity index (χ0) is 14.2. The number of hydrogen-bond acceptors (Lipinski definition) is 4. The maximum atomic E-state index is 5.64. The van der Waals surface area contributed by atoms with Crippen LogP contribution in [0, 0.1) is 5.92 Å². The van der Waals surface area contributed by atoms with Gasteiger partial charge in [-0.1, -0.05) is 12.1 Å². The van der Waals surface area contributed by atoms with Gasteiger partial charge in [-0.05, 0) is 24.1 Å². The molecule has 1 aromatic heterocycles. The number of hydrogen-bond donors (Lipinski definition) is 1. The third-order valence-electron chi connectivity index (χ3n) is 4.71. The first-order chi connectivity index (χ1) is 10.3. The number of rotatable bonds is 2. The van der Waals surface area contributed by atoms with Crippen LogP contribution in [0.15, 0.2) is 43.0 Å².